The zero-order chi connectivity index (χ0) is 22.0. The smallest absolute Gasteiger partial charge is 0.336 e. The van der Waals surface area contributed by atoms with Crippen molar-refractivity contribution in [3.8, 4) is 0 Å². The third-order valence-electron chi connectivity index (χ3n) is 5.70. The van der Waals surface area contributed by atoms with Gasteiger partial charge in [-0.3, -0.25) is 4.79 Å². The molecule has 2 atom stereocenters. The summed E-state index contributed by atoms with van der Waals surface area (Å²) in [7, 11) is 0. The molecule has 0 amide bonds. The molecule has 3 heterocycles. The summed E-state index contributed by atoms with van der Waals surface area (Å²) >= 11 is 1.67. The Morgan fingerprint density at radius 3 is 2.74 bits per heavy atom. The Labute approximate surface area is 185 Å². The van der Waals surface area contributed by atoms with E-state index in [0.717, 1.165) is 17.9 Å². The number of aryl methyl sites for hydroxylation is 1. The monoisotopic (exact) mass is 441 g/mol. The van der Waals surface area contributed by atoms with Gasteiger partial charge in [-0.1, -0.05) is 6.07 Å². The molecule has 0 saturated heterocycles. The third-order valence-corrected chi connectivity index (χ3v) is 6.74. The normalized spacial score (nSPS) is 21.2. The fourth-order valence-electron chi connectivity index (χ4n) is 4.34. The van der Waals surface area contributed by atoms with Crippen LogP contribution < -0.4 is 5.32 Å². The Balaban J connectivity index is 1.69. The topological polar surface area (TPSA) is 77.8 Å². The highest BCUT2D eigenvalue weighted by atomic mass is 32.1. The van der Waals surface area contributed by atoms with Gasteiger partial charge in [-0.05, 0) is 50.8 Å². The number of allylic oxidation sites excluding steroid dienone is 3. The number of hydrogen-bond acceptors (Lipinski definition) is 7. The number of furan rings is 1. The van der Waals surface area contributed by atoms with Crippen LogP contribution in [0.2, 0.25) is 0 Å². The lowest BCUT2D eigenvalue weighted by atomic mass is 9.74. The van der Waals surface area contributed by atoms with Gasteiger partial charge in [0, 0.05) is 40.8 Å². The average Bonchev–Trinajstić information content (AvgIpc) is 3.42. The molecule has 7 heteroatoms. The number of esters is 1. The van der Waals surface area contributed by atoms with Gasteiger partial charge < -0.3 is 19.2 Å². The van der Waals surface area contributed by atoms with E-state index < -0.39 is 11.9 Å². The van der Waals surface area contributed by atoms with Crippen LogP contribution >= 0.6 is 11.3 Å². The second-order valence-corrected chi connectivity index (χ2v) is 8.79. The molecule has 0 fully saturated rings. The van der Waals surface area contributed by atoms with Crippen molar-refractivity contribution in [3.63, 3.8) is 0 Å². The maximum absolute atomic E-state index is 13.4. The largest absolute Gasteiger partial charge is 0.465 e. The predicted octanol–water partition coefficient (Wildman–Crippen LogP) is 4.59. The van der Waals surface area contributed by atoms with Crippen molar-refractivity contribution < 1.29 is 23.5 Å². The molecule has 2 aromatic rings. The summed E-state index contributed by atoms with van der Waals surface area (Å²) in [4.78, 5) is 27.6. The number of nitrogens with one attached hydrogen (secondary N) is 1. The van der Waals surface area contributed by atoms with Crippen molar-refractivity contribution in [2.24, 2.45) is 0 Å². The zero-order valence-electron chi connectivity index (χ0n) is 18.0. The summed E-state index contributed by atoms with van der Waals surface area (Å²) in [5.74, 6) is 0.482. The lowest BCUT2D eigenvalue weighted by Gasteiger charge is -2.35. The number of carbonyl (C=O) groups excluding carboxylic acids is 2. The second-order valence-electron chi connectivity index (χ2n) is 7.81. The van der Waals surface area contributed by atoms with Gasteiger partial charge in [0.1, 0.15) is 18.1 Å². The van der Waals surface area contributed by atoms with Crippen molar-refractivity contribution in [1.82, 2.24) is 5.32 Å². The van der Waals surface area contributed by atoms with Gasteiger partial charge in [-0.25, -0.2) is 4.79 Å². The predicted molar refractivity (Wildman–Crippen MR) is 118 cm³/mol. The van der Waals surface area contributed by atoms with Gasteiger partial charge in [0.2, 0.25) is 0 Å². The molecule has 164 valence electrons. The number of carbonyl (C=O) groups is 2. The van der Waals surface area contributed by atoms with Crippen molar-refractivity contribution in [2.75, 3.05) is 19.8 Å². The zero-order valence-corrected chi connectivity index (χ0v) is 18.8. The van der Waals surface area contributed by atoms with Crippen LogP contribution in [-0.2, 0) is 19.1 Å². The summed E-state index contributed by atoms with van der Waals surface area (Å²) in [6, 6.07) is 7.79. The minimum absolute atomic E-state index is 0.0401. The number of dihydropyridines is 1. The molecule has 0 radical (unpaired) electrons. The van der Waals surface area contributed by atoms with E-state index >= 15 is 0 Å². The Morgan fingerprint density at radius 2 is 2.06 bits per heavy atom. The number of thiophene rings is 1. The molecule has 0 saturated carbocycles. The van der Waals surface area contributed by atoms with Gasteiger partial charge in [0.15, 0.2) is 5.78 Å². The number of ether oxygens (including phenoxy) is 2. The van der Waals surface area contributed by atoms with Crippen LogP contribution in [0.25, 0.3) is 0 Å². The number of Topliss-reactive ketones (excluding diaryl/α,β-unsaturated/α-hetero) is 1. The first-order valence-corrected chi connectivity index (χ1v) is 11.5. The first-order chi connectivity index (χ1) is 15.0. The van der Waals surface area contributed by atoms with Crippen molar-refractivity contribution in [3.05, 3.63) is 68.6 Å². The van der Waals surface area contributed by atoms with E-state index in [4.69, 9.17) is 13.9 Å². The Morgan fingerprint density at radius 1 is 1.23 bits per heavy atom. The molecule has 4 rings (SSSR count). The van der Waals surface area contributed by atoms with Crippen LogP contribution in [0, 0.1) is 6.92 Å². The molecule has 0 aromatic carbocycles. The van der Waals surface area contributed by atoms with Crippen LogP contribution in [0.4, 0.5) is 0 Å². The maximum Gasteiger partial charge on any atom is 0.336 e. The quantitative estimate of drug-likeness (QED) is 0.500. The van der Waals surface area contributed by atoms with Crippen molar-refractivity contribution in [2.45, 2.75) is 45.4 Å². The molecule has 1 aliphatic heterocycles. The molecule has 0 spiro atoms. The molecule has 2 aromatic heterocycles. The Hall–Kier alpha value is -2.64. The molecule has 1 N–H and O–H groups in total. The first kappa shape index (κ1) is 21.6. The Kier molecular flexibility index (Phi) is 6.43. The first-order valence-electron chi connectivity index (χ1n) is 10.6. The van der Waals surface area contributed by atoms with Crippen LogP contribution in [-0.4, -0.2) is 31.6 Å². The standard InChI is InChI=1S/C24H27NO5S/c1-4-28-9-10-29-24(27)21-15(3)25-17-12-16(20-6-5-11-31-20)13-18(26)22(17)23(21)19-8-7-14(2)30-19/h5-8,11,16,23,25H,4,9-10,12-13H2,1-3H3/t16-,23+/m0/s1. The summed E-state index contributed by atoms with van der Waals surface area (Å²) < 4.78 is 16.7. The molecular weight excluding hydrogens is 414 g/mol. The highest BCUT2D eigenvalue weighted by Crippen LogP contribution is 2.46. The van der Waals surface area contributed by atoms with Crippen LogP contribution in [0.3, 0.4) is 0 Å². The molecule has 31 heavy (non-hydrogen) atoms. The highest BCUT2D eigenvalue weighted by Gasteiger charge is 2.42. The molecule has 0 bridgehead atoms. The molecule has 6 nitrogen and oxygen atoms in total. The van der Waals surface area contributed by atoms with Crippen LogP contribution in [0.1, 0.15) is 54.9 Å². The summed E-state index contributed by atoms with van der Waals surface area (Å²) in [6.07, 6.45) is 1.14. The molecular formula is C24H27NO5S. The molecule has 0 unspecified atom stereocenters. The maximum atomic E-state index is 13.4. The minimum atomic E-state index is -0.568. The van der Waals surface area contributed by atoms with Crippen LogP contribution in [0.15, 0.2) is 56.6 Å². The van der Waals surface area contributed by atoms with Crippen molar-refractivity contribution >= 4 is 23.1 Å². The summed E-state index contributed by atoms with van der Waals surface area (Å²) in [5, 5.41) is 5.38. The third kappa shape index (κ3) is 4.38. The number of rotatable bonds is 7. The lowest BCUT2D eigenvalue weighted by Crippen LogP contribution is -2.36. The van der Waals surface area contributed by atoms with Gasteiger partial charge in [0.25, 0.3) is 0 Å². The van der Waals surface area contributed by atoms with Crippen LogP contribution in [0.5, 0.6) is 0 Å². The second kappa shape index (κ2) is 9.24. The van der Waals surface area contributed by atoms with Gasteiger partial charge in [-0.2, -0.15) is 0 Å². The lowest BCUT2D eigenvalue weighted by molar-refractivity contribution is -0.141. The van der Waals surface area contributed by atoms with E-state index in [1.54, 1.807) is 11.3 Å². The van der Waals surface area contributed by atoms with E-state index in [2.05, 4.69) is 11.4 Å². The van der Waals surface area contributed by atoms with E-state index in [-0.39, 0.29) is 18.3 Å². The number of hydrogen-bond donors (Lipinski definition) is 1. The SMILES string of the molecule is CCOCCOC(=O)C1=C(C)NC2=C(C(=O)C[C@@H](c3cccs3)C2)[C@@H]1c1ccc(C)o1. The fourth-order valence-corrected chi connectivity index (χ4v) is 5.17. The Bertz CT molecular complexity index is 1030. The fraction of sp³-hybridized carbons (Fsp3) is 0.417. The van der Waals surface area contributed by atoms with E-state index in [0.29, 0.717) is 42.2 Å². The summed E-state index contributed by atoms with van der Waals surface area (Å²) in [5.41, 5.74) is 2.60. The minimum Gasteiger partial charge on any atom is -0.465 e. The highest BCUT2D eigenvalue weighted by molar-refractivity contribution is 7.10. The van der Waals surface area contributed by atoms with Gasteiger partial charge in [0.05, 0.1) is 18.1 Å². The van der Waals surface area contributed by atoms with E-state index in [1.165, 1.54) is 4.88 Å². The molecule has 1 aliphatic carbocycles. The molecule has 2 aliphatic rings. The van der Waals surface area contributed by atoms with Gasteiger partial charge in [-0.15, -0.1) is 11.3 Å². The average molecular weight is 442 g/mol. The van der Waals surface area contributed by atoms with E-state index in [9.17, 15) is 9.59 Å². The summed E-state index contributed by atoms with van der Waals surface area (Å²) in [6.45, 7) is 6.65. The number of ketones is 1. The van der Waals surface area contributed by atoms with E-state index in [1.807, 2.05) is 44.4 Å². The van der Waals surface area contributed by atoms with Gasteiger partial charge >= 0.3 is 5.97 Å². The van der Waals surface area contributed by atoms with Crippen molar-refractivity contribution in [1.29, 1.82) is 0 Å².